The lowest BCUT2D eigenvalue weighted by atomic mass is 10.1. The Bertz CT molecular complexity index is 487. The molecule has 20 heavy (non-hydrogen) atoms. The molecular weight excluding hydrogens is 252 g/mol. The molecule has 1 fully saturated rings. The van der Waals surface area contributed by atoms with E-state index in [4.69, 9.17) is 5.73 Å². The molecule has 2 heterocycles. The second-order valence-electron chi connectivity index (χ2n) is 5.77. The first-order valence-corrected chi connectivity index (χ1v) is 7.24. The second-order valence-corrected chi connectivity index (χ2v) is 5.77. The molecule has 1 saturated heterocycles. The number of hydrogen-bond acceptors (Lipinski definition) is 4. The summed E-state index contributed by atoms with van der Waals surface area (Å²) in [6, 6.07) is 2.38. The molecule has 0 saturated carbocycles. The highest BCUT2D eigenvalue weighted by Gasteiger charge is 2.30. The van der Waals surface area contributed by atoms with Crippen LogP contribution in [0.1, 0.15) is 37.8 Å². The van der Waals surface area contributed by atoms with Gasteiger partial charge in [0.2, 0.25) is 5.91 Å². The third-order valence-electron chi connectivity index (χ3n) is 3.67. The molecule has 1 aliphatic heterocycles. The molecule has 1 aliphatic rings. The first-order valence-electron chi connectivity index (χ1n) is 7.24. The van der Waals surface area contributed by atoms with Crippen molar-refractivity contribution >= 4 is 11.7 Å². The van der Waals surface area contributed by atoms with Gasteiger partial charge < -0.3 is 16.0 Å². The zero-order chi connectivity index (χ0) is 14.7. The maximum atomic E-state index is 11.5. The van der Waals surface area contributed by atoms with E-state index in [1.54, 1.807) is 0 Å². The zero-order valence-corrected chi connectivity index (χ0v) is 12.5. The summed E-state index contributed by atoms with van der Waals surface area (Å²) in [6.07, 6.45) is 3.70. The average molecular weight is 276 g/mol. The van der Waals surface area contributed by atoms with Crippen LogP contribution in [-0.4, -0.2) is 29.5 Å². The van der Waals surface area contributed by atoms with Crippen LogP contribution in [0.25, 0.3) is 0 Å². The molecule has 3 N–H and O–H groups in total. The molecule has 0 radical (unpaired) electrons. The zero-order valence-electron chi connectivity index (χ0n) is 12.5. The fourth-order valence-electron chi connectivity index (χ4n) is 2.66. The van der Waals surface area contributed by atoms with Crippen LogP contribution in [0.4, 0.5) is 5.82 Å². The van der Waals surface area contributed by atoms with E-state index in [1.807, 2.05) is 18.0 Å². The van der Waals surface area contributed by atoms with Gasteiger partial charge in [-0.1, -0.05) is 13.8 Å². The van der Waals surface area contributed by atoms with Gasteiger partial charge in [0.05, 0.1) is 0 Å². The maximum Gasteiger partial charge on any atom is 0.240 e. The van der Waals surface area contributed by atoms with E-state index in [2.05, 4.69) is 30.2 Å². The van der Waals surface area contributed by atoms with Crippen LogP contribution in [0, 0.1) is 6.92 Å². The predicted molar refractivity (Wildman–Crippen MR) is 80.5 cm³/mol. The van der Waals surface area contributed by atoms with Gasteiger partial charge in [-0.25, -0.2) is 4.98 Å². The first kappa shape index (κ1) is 14.8. The van der Waals surface area contributed by atoms with Crippen molar-refractivity contribution in [3.05, 3.63) is 23.4 Å². The summed E-state index contributed by atoms with van der Waals surface area (Å²) in [5.74, 6) is 0.633. The van der Waals surface area contributed by atoms with Gasteiger partial charge in [-0.15, -0.1) is 0 Å². The van der Waals surface area contributed by atoms with Crippen LogP contribution < -0.4 is 16.0 Å². The first-order chi connectivity index (χ1) is 9.49. The highest BCUT2D eigenvalue weighted by atomic mass is 16.1. The van der Waals surface area contributed by atoms with Crippen LogP contribution in [0.5, 0.6) is 0 Å². The molecule has 0 aliphatic carbocycles. The van der Waals surface area contributed by atoms with Crippen molar-refractivity contribution in [2.24, 2.45) is 5.73 Å². The van der Waals surface area contributed by atoms with Crippen molar-refractivity contribution in [1.29, 1.82) is 0 Å². The third-order valence-corrected chi connectivity index (χ3v) is 3.67. The number of nitrogens with zero attached hydrogens (tertiary/aromatic N) is 2. The lowest BCUT2D eigenvalue weighted by Gasteiger charge is -2.25. The van der Waals surface area contributed by atoms with E-state index < -0.39 is 0 Å². The van der Waals surface area contributed by atoms with Crippen molar-refractivity contribution in [2.45, 2.75) is 52.2 Å². The number of rotatable bonds is 5. The SMILES string of the molecule is Cc1cc(CNC(C)C)cnc1N1CCCC1C(N)=O. The average Bonchev–Trinajstić information content (AvgIpc) is 2.85. The summed E-state index contributed by atoms with van der Waals surface area (Å²) in [6.45, 7) is 7.94. The Hall–Kier alpha value is -1.62. The normalized spacial score (nSPS) is 18.8. The Kier molecular flexibility index (Phi) is 4.60. The Morgan fingerprint density at radius 2 is 2.35 bits per heavy atom. The minimum Gasteiger partial charge on any atom is -0.368 e. The van der Waals surface area contributed by atoms with Gasteiger partial charge in [0, 0.05) is 25.3 Å². The van der Waals surface area contributed by atoms with Gasteiger partial charge in [0.25, 0.3) is 0 Å². The van der Waals surface area contributed by atoms with Crippen molar-refractivity contribution < 1.29 is 4.79 Å². The number of aryl methyl sites for hydroxylation is 1. The Morgan fingerprint density at radius 1 is 1.60 bits per heavy atom. The minimum atomic E-state index is -0.255. The van der Waals surface area contributed by atoms with Crippen molar-refractivity contribution in [2.75, 3.05) is 11.4 Å². The van der Waals surface area contributed by atoms with Crippen molar-refractivity contribution in [1.82, 2.24) is 10.3 Å². The molecular formula is C15H24N4O. The summed E-state index contributed by atoms with van der Waals surface area (Å²) in [4.78, 5) is 18.1. The molecule has 1 amide bonds. The summed E-state index contributed by atoms with van der Waals surface area (Å²) >= 11 is 0. The summed E-state index contributed by atoms with van der Waals surface area (Å²) in [7, 11) is 0. The Balaban J connectivity index is 2.15. The van der Waals surface area contributed by atoms with Gasteiger partial charge in [-0.05, 0) is 37.0 Å². The van der Waals surface area contributed by atoms with Gasteiger partial charge in [-0.2, -0.15) is 0 Å². The fraction of sp³-hybridized carbons (Fsp3) is 0.600. The molecule has 1 aromatic heterocycles. The predicted octanol–water partition coefficient (Wildman–Crippen LogP) is 1.34. The van der Waals surface area contributed by atoms with Gasteiger partial charge >= 0.3 is 0 Å². The van der Waals surface area contributed by atoms with Crippen LogP contribution in [0.15, 0.2) is 12.3 Å². The molecule has 5 nitrogen and oxygen atoms in total. The summed E-state index contributed by atoms with van der Waals surface area (Å²) in [5.41, 5.74) is 7.73. The number of nitrogens with one attached hydrogen (secondary N) is 1. The number of aromatic nitrogens is 1. The molecule has 0 aromatic carbocycles. The molecule has 5 heteroatoms. The number of anilines is 1. The quantitative estimate of drug-likeness (QED) is 0.851. The van der Waals surface area contributed by atoms with E-state index in [9.17, 15) is 4.79 Å². The highest BCUT2D eigenvalue weighted by Crippen LogP contribution is 2.26. The molecule has 110 valence electrons. The third kappa shape index (κ3) is 3.28. The lowest BCUT2D eigenvalue weighted by molar-refractivity contribution is -0.119. The van der Waals surface area contributed by atoms with E-state index in [0.29, 0.717) is 6.04 Å². The van der Waals surface area contributed by atoms with Crippen molar-refractivity contribution in [3.8, 4) is 0 Å². The number of carbonyl (C=O) groups excluding carboxylic acids is 1. The smallest absolute Gasteiger partial charge is 0.240 e. The molecule has 0 spiro atoms. The van der Waals surface area contributed by atoms with Crippen LogP contribution in [0.2, 0.25) is 0 Å². The standard InChI is InChI=1S/C15H24N4O/c1-10(2)17-8-12-7-11(3)15(18-9-12)19-6-4-5-13(19)14(16)20/h7,9-10,13,17H,4-6,8H2,1-3H3,(H2,16,20). The van der Waals surface area contributed by atoms with E-state index in [1.165, 1.54) is 0 Å². The summed E-state index contributed by atoms with van der Waals surface area (Å²) in [5, 5.41) is 3.38. The van der Waals surface area contributed by atoms with E-state index in [0.717, 1.165) is 42.9 Å². The lowest BCUT2D eigenvalue weighted by Crippen LogP contribution is -2.41. The number of amides is 1. The van der Waals surface area contributed by atoms with Gasteiger partial charge in [0.1, 0.15) is 11.9 Å². The summed E-state index contributed by atoms with van der Waals surface area (Å²) < 4.78 is 0. The van der Waals surface area contributed by atoms with E-state index >= 15 is 0 Å². The number of nitrogens with two attached hydrogens (primary N) is 1. The molecule has 1 unspecified atom stereocenters. The van der Waals surface area contributed by atoms with Gasteiger partial charge in [0.15, 0.2) is 0 Å². The minimum absolute atomic E-state index is 0.208. The van der Waals surface area contributed by atoms with Crippen LogP contribution >= 0.6 is 0 Å². The monoisotopic (exact) mass is 276 g/mol. The maximum absolute atomic E-state index is 11.5. The van der Waals surface area contributed by atoms with Crippen molar-refractivity contribution in [3.63, 3.8) is 0 Å². The van der Waals surface area contributed by atoms with Gasteiger partial charge in [-0.3, -0.25) is 4.79 Å². The molecule has 0 bridgehead atoms. The largest absolute Gasteiger partial charge is 0.368 e. The Morgan fingerprint density at radius 3 is 2.95 bits per heavy atom. The Labute approximate surface area is 120 Å². The van der Waals surface area contributed by atoms with Crippen LogP contribution in [-0.2, 0) is 11.3 Å². The fourth-order valence-corrected chi connectivity index (χ4v) is 2.66. The number of primary amides is 1. The topological polar surface area (TPSA) is 71.2 Å². The second kappa shape index (κ2) is 6.22. The molecule has 2 rings (SSSR count). The number of carbonyl (C=O) groups is 1. The van der Waals surface area contributed by atoms with E-state index in [-0.39, 0.29) is 11.9 Å². The highest BCUT2D eigenvalue weighted by molar-refractivity contribution is 5.84. The van der Waals surface area contributed by atoms with Crippen LogP contribution in [0.3, 0.4) is 0 Å². The molecule has 1 atom stereocenters. The molecule has 1 aromatic rings. The number of pyridine rings is 1. The number of hydrogen-bond donors (Lipinski definition) is 2.